The van der Waals surface area contributed by atoms with Crippen molar-refractivity contribution < 1.29 is 9.18 Å². The van der Waals surface area contributed by atoms with Crippen LogP contribution >= 0.6 is 0 Å². The van der Waals surface area contributed by atoms with Gasteiger partial charge in [-0.1, -0.05) is 20.8 Å². The van der Waals surface area contributed by atoms with Crippen molar-refractivity contribution in [1.29, 1.82) is 0 Å². The number of aldehydes is 1. The lowest BCUT2D eigenvalue weighted by molar-refractivity contribution is 0.111. The Morgan fingerprint density at radius 1 is 1.46 bits per heavy atom. The molecule has 1 aromatic rings. The largest absolute Gasteiger partial charge is 0.296 e. The van der Waals surface area contributed by atoms with Crippen molar-refractivity contribution in [2.45, 2.75) is 26.2 Å². The van der Waals surface area contributed by atoms with Gasteiger partial charge < -0.3 is 0 Å². The molecular weight excluding hydrogens is 169 g/mol. The third-order valence-corrected chi connectivity index (χ3v) is 1.85. The minimum absolute atomic E-state index is 0.131. The fraction of sp³-hybridized carbons (Fsp3) is 0.400. The normalized spacial score (nSPS) is 11.4. The van der Waals surface area contributed by atoms with E-state index in [-0.39, 0.29) is 11.1 Å². The van der Waals surface area contributed by atoms with Crippen LogP contribution in [0.15, 0.2) is 12.3 Å². The number of rotatable bonds is 1. The van der Waals surface area contributed by atoms with Gasteiger partial charge in [0.2, 0.25) is 0 Å². The molecule has 0 unspecified atom stereocenters. The van der Waals surface area contributed by atoms with Crippen LogP contribution in [0, 0.1) is 5.82 Å². The van der Waals surface area contributed by atoms with Crippen LogP contribution < -0.4 is 0 Å². The third kappa shape index (κ3) is 2.11. The molecule has 13 heavy (non-hydrogen) atoms. The van der Waals surface area contributed by atoms with Crippen molar-refractivity contribution >= 4 is 6.29 Å². The standard InChI is InChI=1S/C10H12FNO/c1-10(2,3)7-4-8(11)9(6-13)12-5-7/h4-6H,1-3H3. The average molecular weight is 181 g/mol. The summed E-state index contributed by atoms with van der Waals surface area (Å²) in [5.41, 5.74) is 0.513. The van der Waals surface area contributed by atoms with E-state index in [1.807, 2.05) is 20.8 Å². The molecule has 0 saturated carbocycles. The molecule has 0 amide bonds. The van der Waals surface area contributed by atoms with E-state index >= 15 is 0 Å². The van der Waals surface area contributed by atoms with Gasteiger partial charge in [0.05, 0.1) is 0 Å². The maximum absolute atomic E-state index is 13.1. The Morgan fingerprint density at radius 3 is 2.46 bits per heavy atom. The molecule has 0 spiro atoms. The molecule has 2 nitrogen and oxygen atoms in total. The summed E-state index contributed by atoms with van der Waals surface area (Å²) >= 11 is 0. The molecule has 0 aliphatic carbocycles. The summed E-state index contributed by atoms with van der Waals surface area (Å²) in [6.07, 6.45) is 1.95. The Hall–Kier alpha value is -1.25. The minimum atomic E-state index is -0.553. The topological polar surface area (TPSA) is 30.0 Å². The summed E-state index contributed by atoms with van der Waals surface area (Å²) in [7, 11) is 0. The zero-order chi connectivity index (χ0) is 10.1. The zero-order valence-corrected chi connectivity index (χ0v) is 7.97. The van der Waals surface area contributed by atoms with Gasteiger partial charge in [0.25, 0.3) is 0 Å². The highest BCUT2D eigenvalue weighted by Crippen LogP contribution is 2.22. The van der Waals surface area contributed by atoms with Crippen LogP contribution in [0.3, 0.4) is 0 Å². The van der Waals surface area contributed by atoms with Crippen LogP contribution in [-0.2, 0) is 5.41 Å². The monoisotopic (exact) mass is 181 g/mol. The van der Waals surface area contributed by atoms with Gasteiger partial charge in [-0.15, -0.1) is 0 Å². The molecule has 0 radical (unpaired) electrons. The molecule has 0 bridgehead atoms. The first-order valence-electron chi connectivity index (χ1n) is 4.06. The number of nitrogens with zero attached hydrogens (tertiary/aromatic N) is 1. The first-order chi connectivity index (χ1) is 5.95. The lowest BCUT2D eigenvalue weighted by atomic mass is 9.88. The second kappa shape index (κ2) is 3.24. The summed E-state index contributed by atoms with van der Waals surface area (Å²) < 4.78 is 13.1. The SMILES string of the molecule is CC(C)(C)c1cnc(C=O)c(F)c1. The Kier molecular flexibility index (Phi) is 2.45. The quantitative estimate of drug-likeness (QED) is 0.622. The van der Waals surface area contributed by atoms with E-state index < -0.39 is 5.82 Å². The molecule has 0 saturated heterocycles. The molecule has 1 rings (SSSR count). The first kappa shape index (κ1) is 9.84. The summed E-state index contributed by atoms with van der Waals surface area (Å²) in [4.78, 5) is 14.0. The molecular formula is C10H12FNO. The third-order valence-electron chi connectivity index (χ3n) is 1.85. The molecule has 1 aromatic heterocycles. The fourth-order valence-corrected chi connectivity index (χ4v) is 0.945. The summed E-state index contributed by atoms with van der Waals surface area (Å²) in [6, 6.07) is 1.36. The molecule has 0 fully saturated rings. The molecule has 0 aliphatic rings. The fourth-order valence-electron chi connectivity index (χ4n) is 0.945. The molecule has 0 aliphatic heterocycles. The van der Waals surface area contributed by atoms with E-state index in [2.05, 4.69) is 4.98 Å². The van der Waals surface area contributed by atoms with Crippen LogP contribution in [0.4, 0.5) is 4.39 Å². The van der Waals surface area contributed by atoms with Gasteiger partial charge in [0.15, 0.2) is 12.1 Å². The van der Waals surface area contributed by atoms with Crippen LogP contribution in [0.1, 0.15) is 36.8 Å². The number of pyridine rings is 1. The smallest absolute Gasteiger partial charge is 0.171 e. The molecule has 0 aromatic carbocycles. The zero-order valence-electron chi connectivity index (χ0n) is 7.97. The Labute approximate surface area is 76.8 Å². The molecule has 0 atom stereocenters. The molecule has 0 N–H and O–H groups in total. The predicted molar refractivity (Wildman–Crippen MR) is 48.3 cm³/mol. The molecule has 3 heteroatoms. The second-order valence-electron chi connectivity index (χ2n) is 3.96. The van der Waals surface area contributed by atoms with E-state index in [0.717, 1.165) is 5.56 Å². The van der Waals surface area contributed by atoms with Crippen molar-refractivity contribution in [1.82, 2.24) is 4.98 Å². The maximum atomic E-state index is 13.1. The van der Waals surface area contributed by atoms with Crippen molar-refractivity contribution in [3.63, 3.8) is 0 Å². The Morgan fingerprint density at radius 2 is 2.08 bits per heavy atom. The van der Waals surface area contributed by atoms with Gasteiger partial charge in [0.1, 0.15) is 5.69 Å². The highest BCUT2D eigenvalue weighted by molar-refractivity contribution is 5.72. The summed E-state index contributed by atoms with van der Waals surface area (Å²) in [5, 5.41) is 0. The predicted octanol–water partition coefficient (Wildman–Crippen LogP) is 2.33. The van der Waals surface area contributed by atoms with E-state index in [4.69, 9.17) is 0 Å². The van der Waals surface area contributed by atoms with Crippen LogP contribution in [0.25, 0.3) is 0 Å². The number of hydrogen-bond donors (Lipinski definition) is 0. The van der Waals surface area contributed by atoms with Gasteiger partial charge in [0, 0.05) is 6.20 Å². The van der Waals surface area contributed by atoms with Crippen molar-refractivity contribution in [2.24, 2.45) is 0 Å². The highest BCUT2D eigenvalue weighted by atomic mass is 19.1. The number of aromatic nitrogens is 1. The number of carbonyl (C=O) groups excluding carboxylic acids is 1. The van der Waals surface area contributed by atoms with E-state index in [0.29, 0.717) is 6.29 Å². The van der Waals surface area contributed by atoms with E-state index in [1.165, 1.54) is 12.3 Å². The number of halogens is 1. The highest BCUT2D eigenvalue weighted by Gasteiger charge is 2.16. The lowest BCUT2D eigenvalue weighted by Crippen LogP contribution is -2.12. The summed E-state index contributed by atoms with van der Waals surface area (Å²) in [5.74, 6) is -0.553. The average Bonchev–Trinajstić information content (AvgIpc) is 2.02. The summed E-state index contributed by atoms with van der Waals surface area (Å²) in [6.45, 7) is 5.89. The van der Waals surface area contributed by atoms with E-state index in [9.17, 15) is 9.18 Å². The second-order valence-corrected chi connectivity index (χ2v) is 3.96. The van der Waals surface area contributed by atoms with Crippen molar-refractivity contribution in [2.75, 3.05) is 0 Å². The maximum Gasteiger partial charge on any atom is 0.171 e. The van der Waals surface area contributed by atoms with Crippen molar-refractivity contribution in [3.05, 3.63) is 29.3 Å². The lowest BCUT2D eigenvalue weighted by Gasteiger charge is -2.18. The van der Waals surface area contributed by atoms with Crippen LogP contribution in [0.5, 0.6) is 0 Å². The van der Waals surface area contributed by atoms with Crippen LogP contribution in [0.2, 0.25) is 0 Å². The van der Waals surface area contributed by atoms with Gasteiger partial charge >= 0.3 is 0 Å². The van der Waals surface area contributed by atoms with Gasteiger partial charge in [-0.3, -0.25) is 9.78 Å². The van der Waals surface area contributed by atoms with E-state index in [1.54, 1.807) is 0 Å². The van der Waals surface area contributed by atoms with Gasteiger partial charge in [-0.25, -0.2) is 4.39 Å². The Balaban J connectivity index is 3.17. The number of carbonyl (C=O) groups is 1. The molecule has 1 heterocycles. The van der Waals surface area contributed by atoms with Crippen molar-refractivity contribution in [3.8, 4) is 0 Å². The first-order valence-corrected chi connectivity index (χ1v) is 4.06. The number of hydrogen-bond acceptors (Lipinski definition) is 2. The Bertz CT molecular complexity index is 328. The van der Waals surface area contributed by atoms with Gasteiger partial charge in [-0.2, -0.15) is 0 Å². The van der Waals surface area contributed by atoms with Crippen LogP contribution in [-0.4, -0.2) is 11.3 Å². The van der Waals surface area contributed by atoms with Gasteiger partial charge in [-0.05, 0) is 17.0 Å². The minimum Gasteiger partial charge on any atom is -0.296 e. The molecule has 70 valence electrons.